The maximum absolute atomic E-state index is 10.6. The molecule has 4 nitrogen and oxygen atoms in total. The van der Waals surface area contributed by atoms with Gasteiger partial charge in [-0.25, -0.2) is 4.98 Å². The van der Waals surface area contributed by atoms with Crippen LogP contribution in [-0.4, -0.2) is 9.91 Å². The van der Waals surface area contributed by atoms with Crippen molar-refractivity contribution >= 4 is 33.4 Å². The third-order valence-electron chi connectivity index (χ3n) is 2.22. The standard InChI is InChI=1S/C12H9BrN2O2S/c13-11-6-10(15(16)17)7-14-12(11)18-8-9-4-2-1-3-5-9/h1-7H,8H2. The van der Waals surface area contributed by atoms with E-state index in [0.29, 0.717) is 4.47 Å². The summed E-state index contributed by atoms with van der Waals surface area (Å²) in [6.07, 6.45) is 1.28. The van der Waals surface area contributed by atoms with E-state index in [0.717, 1.165) is 10.8 Å². The molecule has 92 valence electrons. The monoisotopic (exact) mass is 324 g/mol. The number of hydrogen-bond acceptors (Lipinski definition) is 4. The number of halogens is 1. The van der Waals surface area contributed by atoms with Crippen molar-refractivity contribution in [2.24, 2.45) is 0 Å². The predicted octanol–water partition coefficient (Wildman–Crippen LogP) is 4.04. The molecule has 0 radical (unpaired) electrons. The van der Waals surface area contributed by atoms with E-state index < -0.39 is 4.92 Å². The topological polar surface area (TPSA) is 56.0 Å². The second kappa shape index (κ2) is 5.97. The van der Waals surface area contributed by atoms with E-state index in [4.69, 9.17) is 0 Å². The summed E-state index contributed by atoms with van der Waals surface area (Å²) < 4.78 is 0.651. The second-order valence-corrected chi connectivity index (χ2v) is 5.33. The zero-order chi connectivity index (χ0) is 13.0. The summed E-state index contributed by atoms with van der Waals surface area (Å²) in [6.45, 7) is 0. The van der Waals surface area contributed by atoms with E-state index in [1.807, 2.05) is 30.3 Å². The summed E-state index contributed by atoms with van der Waals surface area (Å²) in [5.41, 5.74) is 1.18. The Bertz CT molecular complexity index is 563. The molecular formula is C12H9BrN2O2S. The van der Waals surface area contributed by atoms with Crippen molar-refractivity contribution in [3.8, 4) is 0 Å². The van der Waals surface area contributed by atoms with Crippen LogP contribution in [0.1, 0.15) is 5.56 Å². The Labute approximate surface area is 117 Å². The molecule has 0 bridgehead atoms. The second-order valence-electron chi connectivity index (χ2n) is 3.51. The van der Waals surface area contributed by atoms with Gasteiger partial charge in [0, 0.05) is 11.8 Å². The Balaban J connectivity index is 2.08. The molecular weight excluding hydrogens is 316 g/mol. The number of aromatic nitrogens is 1. The molecule has 1 heterocycles. The highest BCUT2D eigenvalue weighted by Crippen LogP contribution is 2.30. The number of benzene rings is 1. The van der Waals surface area contributed by atoms with Crippen molar-refractivity contribution in [3.05, 3.63) is 62.7 Å². The lowest BCUT2D eigenvalue weighted by atomic mass is 10.2. The number of pyridine rings is 1. The van der Waals surface area contributed by atoms with Gasteiger partial charge >= 0.3 is 0 Å². The van der Waals surface area contributed by atoms with Crippen LogP contribution in [-0.2, 0) is 5.75 Å². The lowest BCUT2D eigenvalue weighted by Crippen LogP contribution is -1.91. The van der Waals surface area contributed by atoms with E-state index in [1.54, 1.807) is 0 Å². The Morgan fingerprint density at radius 3 is 2.67 bits per heavy atom. The third kappa shape index (κ3) is 3.30. The molecule has 2 aromatic rings. The fourth-order valence-corrected chi connectivity index (χ4v) is 2.85. The zero-order valence-electron chi connectivity index (χ0n) is 9.25. The number of hydrogen-bond donors (Lipinski definition) is 0. The minimum Gasteiger partial charge on any atom is -0.258 e. The SMILES string of the molecule is O=[N+]([O-])c1cnc(SCc2ccccc2)c(Br)c1. The Morgan fingerprint density at radius 1 is 1.33 bits per heavy atom. The van der Waals surface area contributed by atoms with Gasteiger partial charge in [-0.2, -0.15) is 0 Å². The Morgan fingerprint density at radius 2 is 2.06 bits per heavy atom. The van der Waals surface area contributed by atoms with E-state index in [9.17, 15) is 10.1 Å². The third-order valence-corrected chi connectivity index (χ3v) is 4.17. The average Bonchev–Trinajstić information content (AvgIpc) is 2.38. The first-order valence-corrected chi connectivity index (χ1v) is 6.91. The molecule has 6 heteroatoms. The van der Waals surface area contributed by atoms with Gasteiger partial charge in [-0.15, -0.1) is 11.8 Å². The molecule has 0 unspecified atom stereocenters. The molecule has 0 aliphatic heterocycles. The molecule has 0 N–H and O–H groups in total. The first-order valence-electron chi connectivity index (χ1n) is 5.13. The molecule has 0 saturated carbocycles. The van der Waals surface area contributed by atoms with Crippen molar-refractivity contribution in [1.82, 2.24) is 4.98 Å². The van der Waals surface area contributed by atoms with Gasteiger partial charge in [0.15, 0.2) is 0 Å². The van der Waals surface area contributed by atoms with Gasteiger partial charge in [-0.05, 0) is 21.5 Å². The lowest BCUT2D eigenvalue weighted by molar-refractivity contribution is -0.385. The highest BCUT2D eigenvalue weighted by molar-refractivity contribution is 9.10. The van der Waals surface area contributed by atoms with Crippen molar-refractivity contribution in [1.29, 1.82) is 0 Å². The Hall–Kier alpha value is -1.40. The van der Waals surface area contributed by atoms with Gasteiger partial charge in [-0.1, -0.05) is 30.3 Å². The summed E-state index contributed by atoms with van der Waals surface area (Å²) in [5, 5.41) is 11.3. The van der Waals surface area contributed by atoms with E-state index in [-0.39, 0.29) is 5.69 Å². The fourth-order valence-electron chi connectivity index (χ4n) is 1.35. The first kappa shape index (κ1) is 13.0. The predicted molar refractivity (Wildman–Crippen MR) is 74.6 cm³/mol. The largest absolute Gasteiger partial charge is 0.288 e. The van der Waals surface area contributed by atoms with Crippen LogP contribution in [0.2, 0.25) is 0 Å². The van der Waals surface area contributed by atoms with Crippen LogP contribution >= 0.6 is 27.7 Å². The van der Waals surface area contributed by atoms with Crippen LogP contribution in [0.4, 0.5) is 5.69 Å². The van der Waals surface area contributed by atoms with Crippen molar-refractivity contribution < 1.29 is 4.92 Å². The minimum absolute atomic E-state index is 0.00839. The van der Waals surface area contributed by atoms with Crippen molar-refractivity contribution in [2.45, 2.75) is 10.8 Å². The molecule has 2 rings (SSSR count). The maximum atomic E-state index is 10.6. The maximum Gasteiger partial charge on any atom is 0.288 e. The average molecular weight is 325 g/mol. The summed E-state index contributed by atoms with van der Waals surface area (Å²) in [4.78, 5) is 14.2. The molecule has 0 spiro atoms. The molecule has 0 amide bonds. The highest BCUT2D eigenvalue weighted by atomic mass is 79.9. The summed E-state index contributed by atoms with van der Waals surface area (Å²) in [7, 11) is 0. The molecule has 0 aliphatic rings. The van der Waals surface area contributed by atoms with Gasteiger partial charge in [0.05, 0.1) is 9.40 Å². The molecule has 0 saturated heterocycles. The quantitative estimate of drug-likeness (QED) is 0.483. The van der Waals surface area contributed by atoms with E-state index in [1.165, 1.54) is 29.6 Å². The van der Waals surface area contributed by atoms with Gasteiger partial charge in [0.1, 0.15) is 11.2 Å². The van der Waals surface area contributed by atoms with Crippen LogP contribution in [0, 0.1) is 10.1 Å². The fraction of sp³-hybridized carbons (Fsp3) is 0.0833. The molecule has 0 fully saturated rings. The van der Waals surface area contributed by atoms with Crippen LogP contribution < -0.4 is 0 Å². The number of thioether (sulfide) groups is 1. The van der Waals surface area contributed by atoms with Gasteiger partial charge in [0.25, 0.3) is 5.69 Å². The molecule has 0 aliphatic carbocycles. The van der Waals surface area contributed by atoms with Crippen molar-refractivity contribution in [2.75, 3.05) is 0 Å². The lowest BCUT2D eigenvalue weighted by Gasteiger charge is -2.03. The van der Waals surface area contributed by atoms with Gasteiger partial charge < -0.3 is 0 Å². The molecule has 0 atom stereocenters. The van der Waals surface area contributed by atoms with Crippen LogP contribution in [0.3, 0.4) is 0 Å². The summed E-state index contributed by atoms with van der Waals surface area (Å²) >= 11 is 4.84. The van der Waals surface area contributed by atoms with Gasteiger partial charge in [-0.3, -0.25) is 10.1 Å². The van der Waals surface area contributed by atoms with Crippen LogP contribution in [0.15, 0.2) is 52.1 Å². The molecule has 1 aromatic carbocycles. The normalized spacial score (nSPS) is 10.3. The van der Waals surface area contributed by atoms with Crippen molar-refractivity contribution in [3.63, 3.8) is 0 Å². The summed E-state index contributed by atoms with van der Waals surface area (Å²) in [5.74, 6) is 0.782. The smallest absolute Gasteiger partial charge is 0.258 e. The van der Waals surface area contributed by atoms with Gasteiger partial charge in [0.2, 0.25) is 0 Å². The first-order chi connectivity index (χ1) is 8.66. The zero-order valence-corrected chi connectivity index (χ0v) is 11.6. The van der Waals surface area contributed by atoms with Crippen LogP contribution in [0.25, 0.3) is 0 Å². The highest BCUT2D eigenvalue weighted by Gasteiger charge is 2.10. The summed E-state index contributed by atoms with van der Waals surface area (Å²) in [6, 6.07) is 11.5. The molecule has 18 heavy (non-hydrogen) atoms. The minimum atomic E-state index is -0.455. The van der Waals surface area contributed by atoms with Crippen LogP contribution in [0.5, 0.6) is 0 Å². The Kier molecular flexibility index (Phi) is 4.33. The van der Waals surface area contributed by atoms with E-state index in [2.05, 4.69) is 20.9 Å². The number of rotatable bonds is 4. The number of nitrogens with zero attached hydrogens (tertiary/aromatic N) is 2. The number of nitro groups is 1. The molecule has 1 aromatic heterocycles. The van der Waals surface area contributed by atoms with E-state index >= 15 is 0 Å².